The molecule has 2 N–H and O–H groups in total. The first-order valence-corrected chi connectivity index (χ1v) is 9.67. The van der Waals surface area contributed by atoms with E-state index in [4.69, 9.17) is 5.73 Å². The molecule has 3 aromatic carbocycles. The van der Waals surface area contributed by atoms with Crippen molar-refractivity contribution in [2.24, 2.45) is 5.73 Å². The van der Waals surface area contributed by atoms with Crippen LogP contribution in [0.25, 0.3) is 0 Å². The summed E-state index contributed by atoms with van der Waals surface area (Å²) in [5.41, 5.74) is 7.73. The van der Waals surface area contributed by atoms with Gasteiger partial charge in [0.15, 0.2) is 0 Å². The van der Waals surface area contributed by atoms with E-state index in [1.807, 2.05) is 0 Å². The molecule has 2 amide bonds. The van der Waals surface area contributed by atoms with Crippen LogP contribution in [0, 0.1) is 11.6 Å². The Hall–Kier alpha value is -3.54. The van der Waals surface area contributed by atoms with E-state index in [1.54, 1.807) is 59.5 Å². The molecule has 0 fully saturated rings. The summed E-state index contributed by atoms with van der Waals surface area (Å²) in [4.78, 5) is 26.8. The summed E-state index contributed by atoms with van der Waals surface area (Å²) in [5, 5.41) is 0. The molecule has 1 aliphatic rings. The highest BCUT2D eigenvalue weighted by atomic mass is 19.1. The molecule has 0 radical (unpaired) electrons. The van der Waals surface area contributed by atoms with Gasteiger partial charge in [0.05, 0.1) is 6.04 Å². The Morgan fingerprint density at radius 1 is 1.00 bits per heavy atom. The first kappa shape index (κ1) is 19.8. The van der Waals surface area contributed by atoms with Crippen molar-refractivity contribution in [1.29, 1.82) is 0 Å². The first-order valence-electron chi connectivity index (χ1n) is 9.67. The second-order valence-electron chi connectivity index (χ2n) is 7.34. The topological polar surface area (TPSA) is 63.4 Å². The van der Waals surface area contributed by atoms with Gasteiger partial charge in [0.25, 0.3) is 5.91 Å². The fourth-order valence-electron chi connectivity index (χ4n) is 4.12. The monoisotopic (exact) mass is 406 g/mol. The zero-order valence-corrected chi connectivity index (χ0v) is 16.1. The number of nitrogens with two attached hydrogens (primary N) is 1. The number of benzene rings is 3. The Bertz CT molecular complexity index is 1120. The van der Waals surface area contributed by atoms with E-state index in [0.29, 0.717) is 40.7 Å². The van der Waals surface area contributed by atoms with Crippen molar-refractivity contribution in [3.05, 3.63) is 106 Å². The molecular formula is C24H20F2N2O2. The SMILES string of the molecule is NC(=O)c1ccccc1CN(C(=O)c1ccccc1)[C@@H]1CCc2cc(F)cc(F)c21. The van der Waals surface area contributed by atoms with Crippen molar-refractivity contribution in [3.63, 3.8) is 0 Å². The van der Waals surface area contributed by atoms with E-state index in [0.717, 1.165) is 6.07 Å². The lowest BCUT2D eigenvalue weighted by Gasteiger charge is -2.31. The maximum Gasteiger partial charge on any atom is 0.254 e. The molecule has 30 heavy (non-hydrogen) atoms. The third-order valence-electron chi connectivity index (χ3n) is 5.48. The molecule has 0 aromatic heterocycles. The zero-order valence-electron chi connectivity index (χ0n) is 16.1. The van der Waals surface area contributed by atoms with Crippen LogP contribution >= 0.6 is 0 Å². The third-order valence-corrected chi connectivity index (χ3v) is 5.48. The van der Waals surface area contributed by atoms with Crippen molar-refractivity contribution in [2.45, 2.75) is 25.4 Å². The van der Waals surface area contributed by atoms with E-state index in [9.17, 15) is 18.4 Å². The third kappa shape index (κ3) is 3.68. The molecule has 0 saturated carbocycles. The molecule has 3 aromatic rings. The Kier molecular flexibility index (Phi) is 5.31. The Labute approximate surface area is 172 Å². The Balaban J connectivity index is 1.79. The van der Waals surface area contributed by atoms with Crippen molar-refractivity contribution in [3.8, 4) is 0 Å². The highest BCUT2D eigenvalue weighted by molar-refractivity contribution is 5.96. The molecule has 152 valence electrons. The minimum absolute atomic E-state index is 0.0771. The lowest BCUT2D eigenvalue weighted by atomic mass is 10.0. The number of nitrogens with zero attached hydrogens (tertiary/aromatic N) is 1. The van der Waals surface area contributed by atoms with Crippen molar-refractivity contribution in [1.82, 2.24) is 4.90 Å². The number of carbonyl (C=O) groups is 2. The van der Waals surface area contributed by atoms with Crippen LogP contribution in [0.15, 0.2) is 66.7 Å². The number of hydrogen-bond acceptors (Lipinski definition) is 2. The molecule has 0 unspecified atom stereocenters. The first-order chi connectivity index (χ1) is 14.5. The average molecular weight is 406 g/mol. The molecule has 0 heterocycles. The van der Waals surface area contributed by atoms with Gasteiger partial charge in [-0.15, -0.1) is 0 Å². The summed E-state index contributed by atoms with van der Waals surface area (Å²) in [6.45, 7) is 0.0771. The number of fused-ring (bicyclic) bond motifs is 1. The number of halogens is 2. The minimum Gasteiger partial charge on any atom is -0.366 e. The van der Waals surface area contributed by atoms with E-state index < -0.39 is 23.6 Å². The normalized spacial score (nSPS) is 14.9. The minimum atomic E-state index is -0.665. The molecular weight excluding hydrogens is 386 g/mol. The smallest absolute Gasteiger partial charge is 0.254 e. The molecule has 6 heteroatoms. The molecule has 0 saturated heterocycles. The van der Waals surface area contributed by atoms with Gasteiger partial charge in [-0.25, -0.2) is 8.78 Å². The maximum absolute atomic E-state index is 14.7. The number of rotatable bonds is 5. The maximum atomic E-state index is 14.7. The second kappa shape index (κ2) is 8.06. The van der Waals surface area contributed by atoms with Crippen LogP contribution < -0.4 is 5.73 Å². The van der Waals surface area contributed by atoms with Crippen molar-refractivity contribution < 1.29 is 18.4 Å². The van der Waals surface area contributed by atoms with Gasteiger partial charge in [-0.05, 0) is 48.2 Å². The van der Waals surface area contributed by atoms with Crippen LogP contribution in [-0.2, 0) is 13.0 Å². The molecule has 1 atom stereocenters. The Morgan fingerprint density at radius 3 is 2.43 bits per heavy atom. The van der Waals surface area contributed by atoms with Crippen molar-refractivity contribution >= 4 is 11.8 Å². The number of amides is 2. The summed E-state index contributed by atoms with van der Waals surface area (Å²) < 4.78 is 28.4. The van der Waals surface area contributed by atoms with Crippen LogP contribution in [0.2, 0.25) is 0 Å². The van der Waals surface area contributed by atoms with Gasteiger partial charge in [-0.3, -0.25) is 9.59 Å². The largest absolute Gasteiger partial charge is 0.366 e. The predicted molar refractivity (Wildman–Crippen MR) is 109 cm³/mol. The molecule has 0 bridgehead atoms. The Morgan fingerprint density at radius 2 is 1.70 bits per heavy atom. The van der Waals surface area contributed by atoms with Crippen LogP contribution in [0.5, 0.6) is 0 Å². The lowest BCUT2D eigenvalue weighted by Crippen LogP contribution is -2.34. The number of carbonyl (C=O) groups excluding carboxylic acids is 2. The molecule has 4 nitrogen and oxygen atoms in total. The van der Waals surface area contributed by atoms with Gasteiger partial charge in [-0.1, -0.05) is 36.4 Å². The van der Waals surface area contributed by atoms with Gasteiger partial charge >= 0.3 is 0 Å². The summed E-state index contributed by atoms with van der Waals surface area (Å²) in [5.74, 6) is -2.19. The van der Waals surface area contributed by atoms with E-state index in [1.165, 1.54) is 6.07 Å². The molecule has 4 rings (SSSR count). The van der Waals surface area contributed by atoms with Crippen LogP contribution in [-0.4, -0.2) is 16.7 Å². The van der Waals surface area contributed by atoms with Gasteiger partial charge in [-0.2, -0.15) is 0 Å². The summed E-state index contributed by atoms with van der Waals surface area (Å²) in [6, 6.07) is 17.0. The van der Waals surface area contributed by atoms with Crippen molar-refractivity contribution in [2.75, 3.05) is 0 Å². The van der Waals surface area contributed by atoms with Crippen LogP contribution in [0.3, 0.4) is 0 Å². The molecule has 1 aliphatic carbocycles. The standard InChI is InChI=1S/C24H20F2N2O2/c25-18-12-16-10-11-21(22(16)20(26)13-18)28(24(30)15-6-2-1-3-7-15)14-17-8-4-5-9-19(17)23(27)29/h1-9,12-13,21H,10-11,14H2,(H2,27,29)/t21-/m1/s1. The summed E-state index contributed by atoms with van der Waals surface area (Å²) in [7, 11) is 0. The number of hydrogen-bond donors (Lipinski definition) is 1. The van der Waals surface area contributed by atoms with E-state index in [2.05, 4.69) is 0 Å². The predicted octanol–water partition coefficient (Wildman–Crippen LogP) is 4.39. The summed E-state index contributed by atoms with van der Waals surface area (Å²) in [6.07, 6.45) is 0.928. The quantitative estimate of drug-likeness (QED) is 0.683. The fourth-order valence-corrected chi connectivity index (χ4v) is 4.12. The van der Waals surface area contributed by atoms with Crippen LogP contribution in [0.1, 0.15) is 49.9 Å². The number of primary amides is 1. The molecule has 0 aliphatic heterocycles. The second-order valence-corrected chi connectivity index (χ2v) is 7.34. The van der Waals surface area contributed by atoms with Gasteiger partial charge in [0.1, 0.15) is 11.6 Å². The highest BCUT2D eigenvalue weighted by Gasteiger charge is 2.35. The van der Waals surface area contributed by atoms with E-state index in [-0.39, 0.29) is 12.5 Å². The summed E-state index contributed by atoms with van der Waals surface area (Å²) >= 11 is 0. The number of aryl methyl sites for hydroxylation is 1. The highest BCUT2D eigenvalue weighted by Crippen LogP contribution is 2.39. The van der Waals surface area contributed by atoms with Crippen LogP contribution in [0.4, 0.5) is 8.78 Å². The molecule has 0 spiro atoms. The fraction of sp³-hybridized carbons (Fsp3) is 0.167. The average Bonchev–Trinajstić information content (AvgIpc) is 3.16. The van der Waals surface area contributed by atoms with Gasteiger partial charge in [0.2, 0.25) is 5.91 Å². The zero-order chi connectivity index (χ0) is 21.3. The van der Waals surface area contributed by atoms with Gasteiger partial charge < -0.3 is 10.6 Å². The lowest BCUT2D eigenvalue weighted by molar-refractivity contribution is 0.0653. The van der Waals surface area contributed by atoms with E-state index >= 15 is 0 Å². The van der Waals surface area contributed by atoms with Gasteiger partial charge in [0, 0.05) is 29.3 Å².